The summed E-state index contributed by atoms with van der Waals surface area (Å²) >= 11 is 0. The molecule has 0 spiro atoms. The molecular weight excluding hydrogens is 198 g/mol. The van der Waals surface area contributed by atoms with Crippen molar-refractivity contribution in [3.05, 3.63) is 42.0 Å². The van der Waals surface area contributed by atoms with E-state index >= 15 is 0 Å². The van der Waals surface area contributed by atoms with Gasteiger partial charge < -0.3 is 4.90 Å². The lowest BCUT2D eigenvalue weighted by Crippen LogP contribution is -2.26. The number of benzene rings is 1. The van der Waals surface area contributed by atoms with Crippen molar-refractivity contribution in [2.45, 2.75) is 25.8 Å². The van der Waals surface area contributed by atoms with Gasteiger partial charge in [0.15, 0.2) is 6.29 Å². The first-order valence-corrected chi connectivity index (χ1v) is 5.69. The van der Waals surface area contributed by atoms with Gasteiger partial charge in [0.2, 0.25) is 0 Å². The Bertz CT molecular complexity index is 407. The maximum atomic E-state index is 11.1. The number of rotatable bonds is 5. The Morgan fingerprint density at radius 1 is 1.50 bits per heavy atom. The van der Waals surface area contributed by atoms with Crippen molar-refractivity contribution < 1.29 is 4.79 Å². The fourth-order valence-electron chi connectivity index (χ4n) is 2.00. The molecule has 1 aromatic carbocycles. The smallest absolute Gasteiger partial charge is 0.152 e. The van der Waals surface area contributed by atoms with Crippen molar-refractivity contribution in [1.29, 1.82) is 0 Å². The first-order chi connectivity index (χ1) is 7.76. The van der Waals surface area contributed by atoms with Gasteiger partial charge in [0.25, 0.3) is 0 Å². The highest BCUT2D eigenvalue weighted by Crippen LogP contribution is 2.33. The predicted octanol–water partition coefficient (Wildman–Crippen LogP) is 2.96. The quantitative estimate of drug-likeness (QED) is 0.556. The summed E-state index contributed by atoms with van der Waals surface area (Å²) in [6, 6.07) is 6.64. The number of aryl methyl sites for hydroxylation is 1. The van der Waals surface area contributed by atoms with Gasteiger partial charge in [0.1, 0.15) is 0 Å². The van der Waals surface area contributed by atoms with E-state index in [4.69, 9.17) is 0 Å². The third kappa shape index (κ3) is 2.16. The zero-order valence-corrected chi connectivity index (χ0v) is 9.65. The van der Waals surface area contributed by atoms with E-state index in [9.17, 15) is 4.79 Å². The second-order valence-corrected chi connectivity index (χ2v) is 4.35. The number of aldehydes is 1. The Morgan fingerprint density at radius 3 is 2.81 bits per heavy atom. The van der Waals surface area contributed by atoms with E-state index in [1.165, 1.54) is 12.8 Å². The molecule has 2 heteroatoms. The van der Waals surface area contributed by atoms with Crippen LogP contribution in [0.15, 0.2) is 30.9 Å². The number of anilines is 1. The van der Waals surface area contributed by atoms with Crippen LogP contribution < -0.4 is 4.90 Å². The molecule has 2 nitrogen and oxygen atoms in total. The van der Waals surface area contributed by atoms with Gasteiger partial charge in [-0.1, -0.05) is 17.7 Å². The number of hydrogen-bond acceptors (Lipinski definition) is 2. The van der Waals surface area contributed by atoms with Crippen LogP contribution in [0.4, 0.5) is 5.69 Å². The zero-order chi connectivity index (χ0) is 11.5. The maximum absolute atomic E-state index is 11.1. The minimum atomic E-state index is 0.597. The third-order valence-corrected chi connectivity index (χ3v) is 2.93. The molecule has 0 saturated heterocycles. The topological polar surface area (TPSA) is 20.3 Å². The van der Waals surface area contributed by atoms with E-state index < -0.39 is 0 Å². The summed E-state index contributed by atoms with van der Waals surface area (Å²) in [5.74, 6) is 0. The highest BCUT2D eigenvalue weighted by Gasteiger charge is 2.29. The standard InChI is InChI=1S/C14H17NO/c1-3-8-15(13-5-6-13)14-7-4-11(2)9-12(14)10-16/h3-4,7,9-10,13H,1,5-6,8H2,2H3. The molecule has 1 fully saturated rings. The number of nitrogens with zero attached hydrogens (tertiary/aromatic N) is 1. The van der Waals surface area contributed by atoms with E-state index in [0.29, 0.717) is 6.04 Å². The Morgan fingerprint density at radius 2 is 2.25 bits per heavy atom. The summed E-state index contributed by atoms with van der Waals surface area (Å²) in [5.41, 5.74) is 2.96. The van der Waals surface area contributed by atoms with Crippen LogP contribution in [-0.4, -0.2) is 18.9 Å². The molecule has 1 saturated carbocycles. The SMILES string of the molecule is C=CCN(c1ccc(C)cc1C=O)C1CC1. The molecule has 0 bridgehead atoms. The monoisotopic (exact) mass is 215 g/mol. The third-order valence-electron chi connectivity index (χ3n) is 2.93. The molecule has 0 amide bonds. The van der Waals surface area contributed by atoms with Crippen LogP contribution >= 0.6 is 0 Å². The lowest BCUT2D eigenvalue weighted by molar-refractivity contribution is 0.112. The summed E-state index contributed by atoms with van der Waals surface area (Å²) in [7, 11) is 0. The Balaban J connectivity index is 2.35. The van der Waals surface area contributed by atoms with Gasteiger partial charge in [-0.15, -0.1) is 6.58 Å². The molecule has 16 heavy (non-hydrogen) atoms. The Hall–Kier alpha value is -1.57. The number of carbonyl (C=O) groups excluding carboxylic acids is 1. The van der Waals surface area contributed by atoms with Crippen LogP contribution in [0, 0.1) is 6.92 Å². The van der Waals surface area contributed by atoms with Crippen molar-refractivity contribution in [2.24, 2.45) is 0 Å². The molecule has 0 aliphatic heterocycles. The van der Waals surface area contributed by atoms with Gasteiger partial charge >= 0.3 is 0 Å². The Labute approximate surface area is 96.6 Å². The molecule has 1 aliphatic rings. The van der Waals surface area contributed by atoms with Crippen LogP contribution in [-0.2, 0) is 0 Å². The number of carbonyl (C=O) groups is 1. The molecule has 0 aromatic heterocycles. The summed E-state index contributed by atoms with van der Waals surface area (Å²) in [6.07, 6.45) is 5.29. The highest BCUT2D eigenvalue weighted by molar-refractivity contribution is 5.85. The fourth-order valence-corrected chi connectivity index (χ4v) is 2.00. The van der Waals surface area contributed by atoms with Crippen molar-refractivity contribution in [3.8, 4) is 0 Å². The molecule has 1 aromatic rings. The molecule has 1 aliphatic carbocycles. The van der Waals surface area contributed by atoms with Gasteiger partial charge in [0, 0.05) is 23.8 Å². The van der Waals surface area contributed by atoms with Crippen LogP contribution in [0.2, 0.25) is 0 Å². The Kier molecular flexibility index (Phi) is 3.09. The molecule has 0 N–H and O–H groups in total. The highest BCUT2D eigenvalue weighted by atomic mass is 16.1. The maximum Gasteiger partial charge on any atom is 0.152 e. The first kappa shape index (κ1) is 10.9. The lowest BCUT2D eigenvalue weighted by atomic mass is 10.1. The van der Waals surface area contributed by atoms with Crippen molar-refractivity contribution >= 4 is 12.0 Å². The lowest BCUT2D eigenvalue weighted by Gasteiger charge is -2.24. The van der Waals surface area contributed by atoms with Gasteiger partial charge in [-0.25, -0.2) is 0 Å². The second-order valence-electron chi connectivity index (χ2n) is 4.35. The average molecular weight is 215 g/mol. The molecule has 2 rings (SSSR count). The predicted molar refractivity (Wildman–Crippen MR) is 67.1 cm³/mol. The second kappa shape index (κ2) is 4.52. The van der Waals surface area contributed by atoms with Crippen LogP contribution in [0.25, 0.3) is 0 Å². The summed E-state index contributed by atoms with van der Waals surface area (Å²) in [4.78, 5) is 13.4. The first-order valence-electron chi connectivity index (χ1n) is 5.69. The van der Waals surface area contributed by atoms with Gasteiger partial charge in [-0.2, -0.15) is 0 Å². The van der Waals surface area contributed by atoms with E-state index in [1.807, 2.05) is 25.1 Å². The van der Waals surface area contributed by atoms with Crippen LogP contribution in [0.1, 0.15) is 28.8 Å². The van der Waals surface area contributed by atoms with Crippen molar-refractivity contribution in [2.75, 3.05) is 11.4 Å². The van der Waals surface area contributed by atoms with Crippen molar-refractivity contribution in [1.82, 2.24) is 0 Å². The fraction of sp³-hybridized carbons (Fsp3) is 0.357. The number of hydrogen-bond donors (Lipinski definition) is 0. The minimum Gasteiger partial charge on any atom is -0.364 e. The van der Waals surface area contributed by atoms with Gasteiger partial charge in [0.05, 0.1) is 0 Å². The molecular formula is C14H17NO. The van der Waals surface area contributed by atoms with E-state index in [-0.39, 0.29) is 0 Å². The van der Waals surface area contributed by atoms with E-state index in [2.05, 4.69) is 17.5 Å². The van der Waals surface area contributed by atoms with Crippen LogP contribution in [0.5, 0.6) is 0 Å². The largest absolute Gasteiger partial charge is 0.364 e. The molecule has 0 heterocycles. The van der Waals surface area contributed by atoms with E-state index in [0.717, 1.165) is 29.6 Å². The summed E-state index contributed by atoms with van der Waals surface area (Å²) in [5, 5.41) is 0. The summed E-state index contributed by atoms with van der Waals surface area (Å²) in [6.45, 7) is 6.60. The van der Waals surface area contributed by atoms with Crippen molar-refractivity contribution in [3.63, 3.8) is 0 Å². The van der Waals surface area contributed by atoms with E-state index in [1.54, 1.807) is 0 Å². The molecule has 0 unspecified atom stereocenters. The normalized spacial score (nSPS) is 14.6. The average Bonchev–Trinajstić information content (AvgIpc) is 3.10. The summed E-state index contributed by atoms with van der Waals surface area (Å²) < 4.78 is 0. The minimum absolute atomic E-state index is 0.597. The molecule has 84 valence electrons. The van der Waals surface area contributed by atoms with Crippen LogP contribution in [0.3, 0.4) is 0 Å². The molecule has 0 atom stereocenters. The molecule has 0 radical (unpaired) electrons. The zero-order valence-electron chi connectivity index (χ0n) is 9.65. The van der Waals surface area contributed by atoms with Gasteiger partial charge in [-0.3, -0.25) is 4.79 Å². The van der Waals surface area contributed by atoms with Gasteiger partial charge in [-0.05, 0) is 31.9 Å².